The summed E-state index contributed by atoms with van der Waals surface area (Å²) in [6.45, 7) is 9.30. The largest absolute Gasteiger partial charge is 0.517 e. The van der Waals surface area contributed by atoms with Gasteiger partial charge < -0.3 is 9.31 Å². The Labute approximate surface area is 119 Å². The number of aromatic nitrogens is 1. The lowest BCUT2D eigenvalue weighted by Crippen LogP contribution is -2.41. The number of hydrogen-bond donors (Lipinski definition) is 0. The lowest BCUT2D eigenvalue weighted by Gasteiger charge is -2.32. The molecule has 1 saturated heterocycles. The van der Waals surface area contributed by atoms with E-state index in [1.807, 2.05) is 27.7 Å². The number of halogens is 1. The molecule has 0 aliphatic carbocycles. The zero-order chi connectivity index (χ0) is 15.1. The van der Waals surface area contributed by atoms with Gasteiger partial charge in [-0.1, -0.05) is 0 Å². The van der Waals surface area contributed by atoms with Crippen molar-refractivity contribution in [2.45, 2.75) is 51.7 Å². The van der Waals surface area contributed by atoms with Gasteiger partial charge in [0, 0.05) is 0 Å². The van der Waals surface area contributed by atoms with Crippen LogP contribution in [0.2, 0.25) is 0 Å². The Kier molecular flexibility index (Phi) is 3.61. The van der Waals surface area contributed by atoms with Crippen molar-refractivity contribution in [3.63, 3.8) is 0 Å². The van der Waals surface area contributed by atoms with E-state index in [4.69, 9.17) is 14.6 Å². The minimum Gasteiger partial charge on any atom is -0.398 e. The van der Waals surface area contributed by atoms with Crippen molar-refractivity contribution < 1.29 is 13.7 Å². The molecule has 0 aromatic carbocycles. The van der Waals surface area contributed by atoms with Crippen LogP contribution in [-0.2, 0) is 9.31 Å². The highest BCUT2D eigenvalue weighted by atomic mass is 19.1. The van der Waals surface area contributed by atoms with Crippen LogP contribution >= 0.6 is 0 Å². The lowest BCUT2D eigenvalue weighted by atomic mass is 9.83. The van der Waals surface area contributed by atoms with Crippen molar-refractivity contribution in [3.05, 3.63) is 23.6 Å². The summed E-state index contributed by atoms with van der Waals surface area (Å²) in [5.74, 6) is -0.894. The molecular weight excluding hydrogens is 258 g/mol. The van der Waals surface area contributed by atoms with Gasteiger partial charge in [-0.3, -0.25) is 4.98 Å². The third-order valence-electron chi connectivity index (χ3n) is 4.01. The highest BCUT2D eigenvalue weighted by molar-refractivity contribution is 6.61. The fourth-order valence-corrected chi connectivity index (χ4v) is 1.90. The Morgan fingerprint density at radius 3 is 2.30 bits per heavy atom. The Hall–Kier alpha value is -1.45. The predicted octanol–water partition coefficient (Wildman–Crippen LogP) is 2.15. The van der Waals surface area contributed by atoms with E-state index in [0.717, 1.165) is 0 Å². The zero-order valence-electron chi connectivity index (χ0n) is 12.4. The molecule has 0 saturated carbocycles. The van der Waals surface area contributed by atoms with Crippen LogP contribution < -0.4 is 5.59 Å². The molecule has 0 amide bonds. The topological polar surface area (TPSA) is 55.1 Å². The number of rotatable bonds is 2. The van der Waals surface area contributed by atoms with Crippen LogP contribution in [0.3, 0.4) is 0 Å². The molecule has 20 heavy (non-hydrogen) atoms. The normalized spacial score (nSPS) is 21.6. The summed E-state index contributed by atoms with van der Waals surface area (Å²) in [6.07, 6.45) is 0. The van der Waals surface area contributed by atoms with E-state index < -0.39 is 30.1 Å². The van der Waals surface area contributed by atoms with Gasteiger partial charge in [0.2, 0.25) is 0 Å². The SMILES string of the molecule is CC(C#N)c1ccc(F)c(B2OC(C)(C)C(C)(C)O2)n1. The Morgan fingerprint density at radius 1 is 1.25 bits per heavy atom. The summed E-state index contributed by atoms with van der Waals surface area (Å²) in [7, 11) is -0.856. The quantitative estimate of drug-likeness (QED) is 0.776. The molecule has 0 N–H and O–H groups in total. The van der Waals surface area contributed by atoms with Crippen molar-refractivity contribution in [1.29, 1.82) is 5.26 Å². The van der Waals surface area contributed by atoms with Crippen LogP contribution in [0.5, 0.6) is 0 Å². The van der Waals surface area contributed by atoms with Crippen LogP contribution in [0, 0.1) is 17.1 Å². The van der Waals surface area contributed by atoms with Gasteiger partial charge >= 0.3 is 7.12 Å². The van der Waals surface area contributed by atoms with Crippen molar-refractivity contribution >= 4 is 12.7 Å². The Bertz CT molecular complexity index is 553. The zero-order valence-corrected chi connectivity index (χ0v) is 12.4. The first kappa shape index (κ1) is 15.0. The molecule has 1 fully saturated rings. The molecule has 0 radical (unpaired) electrons. The van der Waals surface area contributed by atoms with Gasteiger partial charge in [0.05, 0.1) is 28.9 Å². The Morgan fingerprint density at radius 2 is 1.80 bits per heavy atom. The fraction of sp³-hybridized carbons (Fsp3) is 0.571. The van der Waals surface area contributed by atoms with Crippen LogP contribution in [0.1, 0.15) is 46.2 Å². The molecule has 0 spiro atoms. The third kappa shape index (κ3) is 2.44. The summed E-state index contributed by atoms with van der Waals surface area (Å²) < 4.78 is 25.6. The van der Waals surface area contributed by atoms with Crippen LogP contribution in [0.4, 0.5) is 4.39 Å². The molecule has 1 aromatic rings. The smallest absolute Gasteiger partial charge is 0.398 e. The van der Waals surface area contributed by atoms with Crippen LogP contribution in [0.25, 0.3) is 0 Å². The second-order valence-corrected chi connectivity index (χ2v) is 6.04. The van der Waals surface area contributed by atoms with Crippen molar-refractivity contribution in [2.75, 3.05) is 0 Å². The van der Waals surface area contributed by atoms with E-state index in [2.05, 4.69) is 11.1 Å². The molecular formula is C14H18BFN2O2. The van der Waals surface area contributed by atoms with E-state index in [1.165, 1.54) is 12.1 Å². The van der Waals surface area contributed by atoms with Gasteiger partial charge in [-0.15, -0.1) is 0 Å². The molecule has 0 bridgehead atoms. The summed E-state index contributed by atoms with van der Waals surface area (Å²) in [4.78, 5) is 4.21. The summed E-state index contributed by atoms with van der Waals surface area (Å²) in [5.41, 5.74) is -0.493. The number of nitriles is 1. The Balaban J connectivity index is 2.38. The van der Waals surface area contributed by atoms with Gasteiger partial charge in [-0.2, -0.15) is 5.26 Å². The van der Waals surface area contributed by atoms with E-state index in [9.17, 15) is 4.39 Å². The minimum absolute atomic E-state index is 0.100. The van der Waals surface area contributed by atoms with Gasteiger partial charge in [0.15, 0.2) is 0 Å². The first-order valence-corrected chi connectivity index (χ1v) is 6.59. The molecule has 4 nitrogen and oxygen atoms in total. The van der Waals surface area contributed by atoms with Crippen molar-refractivity contribution in [2.24, 2.45) is 0 Å². The van der Waals surface area contributed by atoms with E-state index in [0.29, 0.717) is 5.69 Å². The van der Waals surface area contributed by atoms with Gasteiger partial charge in [-0.25, -0.2) is 4.39 Å². The summed E-state index contributed by atoms with van der Waals surface area (Å²) >= 11 is 0. The van der Waals surface area contributed by atoms with Gasteiger partial charge in [0.25, 0.3) is 0 Å². The van der Waals surface area contributed by atoms with Crippen LogP contribution in [0.15, 0.2) is 12.1 Å². The molecule has 1 atom stereocenters. The lowest BCUT2D eigenvalue weighted by molar-refractivity contribution is 0.00578. The third-order valence-corrected chi connectivity index (χ3v) is 4.01. The second kappa shape index (κ2) is 4.83. The highest BCUT2D eigenvalue weighted by Crippen LogP contribution is 2.36. The maximum absolute atomic E-state index is 14.0. The monoisotopic (exact) mass is 276 g/mol. The average molecular weight is 276 g/mol. The standard InChI is InChI=1S/C14H18BFN2O2/c1-9(8-17)11-7-6-10(16)12(18-11)15-19-13(2,3)14(4,5)20-15/h6-7,9H,1-5H3. The van der Waals surface area contributed by atoms with Gasteiger partial charge in [-0.05, 0) is 46.8 Å². The molecule has 2 rings (SSSR count). The maximum Gasteiger partial charge on any atom is 0.517 e. The van der Waals surface area contributed by atoms with E-state index in [1.54, 1.807) is 6.92 Å². The van der Waals surface area contributed by atoms with Crippen molar-refractivity contribution in [1.82, 2.24) is 4.98 Å². The fourth-order valence-electron chi connectivity index (χ4n) is 1.90. The minimum atomic E-state index is -0.856. The van der Waals surface area contributed by atoms with Crippen LogP contribution in [-0.4, -0.2) is 23.3 Å². The molecule has 1 aliphatic heterocycles. The predicted molar refractivity (Wildman–Crippen MR) is 73.9 cm³/mol. The molecule has 1 aromatic heterocycles. The highest BCUT2D eigenvalue weighted by Gasteiger charge is 2.53. The molecule has 2 heterocycles. The molecule has 106 valence electrons. The van der Waals surface area contributed by atoms with Gasteiger partial charge in [0.1, 0.15) is 11.4 Å². The summed E-state index contributed by atoms with van der Waals surface area (Å²) in [6, 6.07) is 4.90. The number of pyridine rings is 1. The summed E-state index contributed by atoms with van der Waals surface area (Å²) in [5, 5.41) is 8.93. The van der Waals surface area contributed by atoms with Crippen molar-refractivity contribution in [3.8, 4) is 6.07 Å². The molecule has 6 heteroatoms. The second-order valence-electron chi connectivity index (χ2n) is 6.04. The van der Waals surface area contributed by atoms with E-state index in [-0.39, 0.29) is 5.59 Å². The van der Waals surface area contributed by atoms with E-state index >= 15 is 0 Å². The maximum atomic E-state index is 14.0. The first-order valence-electron chi connectivity index (χ1n) is 6.59. The average Bonchev–Trinajstić information content (AvgIpc) is 2.58. The first-order chi connectivity index (χ1) is 9.18. The number of nitrogens with zero attached hydrogens (tertiary/aromatic N) is 2. The molecule has 1 unspecified atom stereocenters. The molecule has 1 aliphatic rings. The number of hydrogen-bond acceptors (Lipinski definition) is 4.